The van der Waals surface area contributed by atoms with Crippen molar-refractivity contribution in [2.24, 2.45) is 16.5 Å². The van der Waals surface area contributed by atoms with Gasteiger partial charge >= 0.3 is 5.97 Å². The predicted molar refractivity (Wildman–Crippen MR) is 82.7 cm³/mol. The van der Waals surface area contributed by atoms with Crippen molar-refractivity contribution >= 4 is 22.0 Å². The molecule has 9 heteroatoms. The quantitative estimate of drug-likeness (QED) is 0.343. The summed E-state index contributed by atoms with van der Waals surface area (Å²) in [7, 11) is -2.62. The second-order valence-corrected chi connectivity index (χ2v) is 6.63. The molecule has 1 aromatic rings. The number of carboxylic acids is 1. The van der Waals surface area contributed by atoms with Gasteiger partial charge in [0.05, 0.1) is 4.90 Å². The van der Waals surface area contributed by atoms with Crippen LogP contribution in [-0.4, -0.2) is 49.4 Å². The first-order valence-electron chi connectivity index (χ1n) is 6.58. The number of guanidine groups is 1. The van der Waals surface area contributed by atoms with Gasteiger partial charge in [-0.25, -0.2) is 8.42 Å². The van der Waals surface area contributed by atoms with Crippen molar-refractivity contribution in [2.75, 3.05) is 13.6 Å². The maximum absolute atomic E-state index is 12.4. The lowest BCUT2D eigenvalue weighted by molar-refractivity contribution is -0.141. The molecule has 0 heterocycles. The minimum absolute atomic E-state index is 0.0490. The van der Waals surface area contributed by atoms with Gasteiger partial charge in [0.25, 0.3) is 0 Å². The van der Waals surface area contributed by atoms with Crippen molar-refractivity contribution in [3.05, 3.63) is 30.3 Å². The van der Waals surface area contributed by atoms with E-state index >= 15 is 0 Å². The van der Waals surface area contributed by atoms with Crippen LogP contribution < -0.4 is 11.5 Å². The van der Waals surface area contributed by atoms with E-state index in [1.807, 2.05) is 0 Å². The average molecular weight is 328 g/mol. The maximum atomic E-state index is 12.4. The molecule has 1 rings (SSSR count). The van der Waals surface area contributed by atoms with E-state index in [1.54, 1.807) is 18.2 Å². The maximum Gasteiger partial charge on any atom is 0.322 e. The first-order chi connectivity index (χ1) is 10.3. The third-order valence-electron chi connectivity index (χ3n) is 3.07. The standard InChI is InChI=1S/C13H20N4O4S/c1-17(22(20,21)10-6-3-2-4-7-10)11(12(18)19)8-5-9-16-13(14)15/h2-4,6-7,11H,5,8-9H2,1H3,(H,18,19)(H4,14,15,16)/t11-/m0/s1. The second kappa shape index (κ2) is 7.76. The fraction of sp³-hybridized carbons (Fsp3) is 0.385. The fourth-order valence-corrected chi connectivity index (χ4v) is 3.24. The summed E-state index contributed by atoms with van der Waals surface area (Å²) < 4.78 is 25.7. The van der Waals surface area contributed by atoms with Crippen LogP contribution in [0, 0.1) is 0 Å². The number of aliphatic carboxylic acids is 1. The molecule has 1 atom stereocenters. The number of hydrogen-bond donors (Lipinski definition) is 3. The van der Waals surface area contributed by atoms with Crippen molar-refractivity contribution < 1.29 is 18.3 Å². The molecule has 0 fully saturated rings. The number of likely N-dealkylation sites (N-methyl/N-ethyl adjacent to an activating group) is 1. The molecule has 0 aliphatic carbocycles. The Morgan fingerprint density at radius 1 is 1.32 bits per heavy atom. The lowest BCUT2D eigenvalue weighted by atomic mass is 10.1. The van der Waals surface area contributed by atoms with Crippen LogP contribution in [0.5, 0.6) is 0 Å². The van der Waals surface area contributed by atoms with Gasteiger partial charge in [0.1, 0.15) is 6.04 Å². The Kier molecular flexibility index (Phi) is 6.32. The van der Waals surface area contributed by atoms with Crippen LogP contribution in [0.25, 0.3) is 0 Å². The van der Waals surface area contributed by atoms with E-state index in [2.05, 4.69) is 4.99 Å². The molecule has 0 aliphatic heterocycles. The molecule has 0 aliphatic rings. The van der Waals surface area contributed by atoms with Crippen LogP contribution in [0.1, 0.15) is 12.8 Å². The molecule has 0 radical (unpaired) electrons. The number of rotatable bonds is 8. The normalized spacial score (nSPS) is 12.8. The average Bonchev–Trinajstić information content (AvgIpc) is 2.46. The van der Waals surface area contributed by atoms with Gasteiger partial charge in [0, 0.05) is 13.6 Å². The van der Waals surface area contributed by atoms with E-state index in [9.17, 15) is 18.3 Å². The highest BCUT2D eigenvalue weighted by atomic mass is 32.2. The van der Waals surface area contributed by atoms with Crippen LogP contribution in [0.3, 0.4) is 0 Å². The highest BCUT2D eigenvalue weighted by Crippen LogP contribution is 2.18. The number of carboxylic acid groups (broad SMARTS) is 1. The van der Waals surface area contributed by atoms with Crippen LogP contribution in [0.4, 0.5) is 0 Å². The van der Waals surface area contributed by atoms with E-state index in [4.69, 9.17) is 11.5 Å². The minimum atomic E-state index is -3.87. The van der Waals surface area contributed by atoms with Gasteiger partial charge < -0.3 is 16.6 Å². The number of benzene rings is 1. The summed E-state index contributed by atoms with van der Waals surface area (Å²) in [4.78, 5) is 15.2. The van der Waals surface area contributed by atoms with E-state index in [1.165, 1.54) is 19.2 Å². The molecule has 5 N–H and O–H groups in total. The number of nitrogens with two attached hydrogens (primary N) is 2. The van der Waals surface area contributed by atoms with Crippen molar-refractivity contribution in [2.45, 2.75) is 23.8 Å². The number of sulfonamides is 1. The fourth-order valence-electron chi connectivity index (χ4n) is 1.88. The molecule has 8 nitrogen and oxygen atoms in total. The summed E-state index contributed by atoms with van der Waals surface area (Å²) in [6.07, 6.45) is 0.457. The summed E-state index contributed by atoms with van der Waals surface area (Å²) in [6, 6.07) is 6.50. The zero-order valence-corrected chi connectivity index (χ0v) is 13.0. The van der Waals surface area contributed by atoms with E-state index < -0.39 is 22.0 Å². The van der Waals surface area contributed by atoms with Crippen molar-refractivity contribution in [1.82, 2.24) is 4.31 Å². The molecule has 122 valence electrons. The third kappa shape index (κ3) is 4.71. The van der Waals surface area contributed by atoms with Crippen LogP contribution in [-0.2, 0) is 14.8 Å². The van der Waals surface area contributed by atoms with Gasteiger partial charge in [-0.2, -0.15) is 4.31 Å². The number of aliphatic imine (C=N–C) groups is 1. The number of carbonyl (C=O) groups is 1. The number of hydrogen-bond acceptors (Lipinski definition) is 4. The summed E-state index contributed by atoms with van der Waals surface area (Å²) >= 11 is 0. The summed E-state index contributed by atoms with van der Waals surface area (Å²) in [5, 5.41) is 9.27. The molecule has 0 saturated carbocycles. The zero-order valence-electron chi connectivity index (χ0n) is 12.2. The SMILES string of the molecule is CN([C@@H](CCCN=C(N)N)C(=O)O)S(=O)(=O)c1ccccc1. The molecular weight excluding hydrogens is 308 g/mol. The van der Waals surface area contributed by atoms with Gasteiger partial charge in [-0.1, -0.05) is 18.2 Å². The largest absolute Gasteiger partial charge is 0.480 e. The molecule has 22 heavy (non-hydrogen) atoms. The van der Waals surface area contributed by atoms with Gasteiger partial charge in [-0.05, 0) is 25.0 Å². The Hall–Kier alpha value is -2.13. The topological polar surface area (TPSA) is 139 Å². The van der Waals surface area contributed by atoms with Crippen LogP contribution >= 0.6 is 0 Å². The lowest BCUT2D eigenvalue weighted by Crippen LogP contribution is -2.42. The first-order valence-corrected chi connectivity index (χ1v) is 8.02. The highest BCUT2D eigenvalue weighted by molar-refractivity contribution is 7.89. The molecule has 0 amide bonds. The molecule has 1 aromatic carbocycles. The third-order valence-corrected chi connectivity index (χ3v) is 4.95. The monoisotopic (exact) mass is 328 g/mol. The molecule has 0 spiro atoms. The molecule has 0 saturated heterocycles. The molecule has 0 unspecified atom stereocenters. The van der Waals surface area contributed by atoms with E-state index in [-0.39, 0.29) is 23.8 Å². The highest BCUT2D eigenvalue weighted by Gasteiger charge is 2.32. The Morgan fingerprint density at radius 3 is 2.41 bits per heavy atom. The van der Waals surface area contributed by atoms with Gasteiger partial charge in [0.2, 0.25) is 10.0 Å². The molecular formula is C13H20N4O4S. The Morgan fingerprint density at radius 2 is 1.91 bits per heavy atom. The first kappa shape index (κ1) is 17.9. The lowest BCUT2D eigenvalue weighted by Gasteiger charge is -2.24. The van der Waals surface area contributed by atoms with E-state index in [0.717, 1.165) is 4.31 Å². The van der Waals surface area contributed by atoms with Crippen molar-refractivity contribution in [3.8, 4) is 0 Å². The van der Waals surface area contributed by atoms with E-state index in [0.29, 0.717) is 6.42 Å². The summed E-state index contributed by atoms with van der Waals surface area (Å²) in [6.45, 7) is 0.241. The number of nitrogens with zero attached hydrogens (tertiary/aromatic N) is 2. The minimum Gasteiger partial charge on any atom is -0.480 e. The van der Waals surface area contributed by atoms with Gasteiger partial charge in [-0.15, -0.1) is 0 Å². The molecule has 0 bridgehead atoms. The Balaban J connectivity index is 2.87. The van der Waals surface area contributed by atoms with Gasteiger partial charge in [-0.3, -0.25) is 9.79 Å². The Labute approximate surface area is 129 Å². The van der Waals surface area contributed by atoms with Crippen molar-refractivity contribution in [1.29, 1.82) is 0 Å². The predicted octanol–water partition coefficient (Wildman–Crippen LogP) is -0.186. The van der Waals surface area contributed by atoms with Crippen LogP contribution in [0.15, 0.2) is 40.2 Å². The van der Waals surface area contributed by atoms with Gasteiger partial charge in [0.15, 0.2) is 5.96 Å². The van der Waals surface area contributed by atoms with Crippen LogP contribution in [0.2, 0.25) is 0 Å². The van der Waals surface area contributed by atoms with Crippen molar-refractivity contribution in [3.63, 3.8) is 0 Å². The smallest absolute Gasteiger partial charge is 0.322 e. The second-order valence-electron chi connectivity index (χ2n) is 4.64. The summed E-state index contributed by atoms with van der Waals surface area (Å²) in [5.74, 6) is -1.30. The molecule has 0 aromatic heterocycles. The Bertz CT molecular complexity index is 627. The summed E-state index contributed by atoms with van der Waals surface area (Å²) in [5.41, 5.74) is 10.4. The zero-order chi connectivity index (χ0) is 16.8.